The number of benzene rings is 2. The molecule has 6 rings (SSSR count). The number of likely N-dealkylation sites (N-methyl/N-ethyl adjacent to an activating group) is 1. The molecule has 0 spiro atoms. The molecule has 0 fully saturated rings. The SMILES string of the molecule is CNCCn1cc(-c2cnc3ccc(-c4c(-c5cccc(C)n5)nnn4Cc4ccccc4)cc3c2)cn1. The van der Waals surface area contributed by atoms with Gasteiger partial charge in [-0.1, -0.05) is 47.7 Å². The van der Waals surface area contributed by atoms with E-state index < -0.39 is 0 Å². The first-order valence-corrected chi connectivity index (χ1v) is 12.7. The van der Waals surface area contributed by atoms with E-state index in [0.29, 0.717) is 6.54 Å². The van der Waals surface area contributed by atoms with Crippen molar-refractivity contribution in [3.8, 4) is 33.8 Å². The minimum Gasteiger partial charge on any atom is -0.318 e. The van der Waals surface area contributed by atoms with Crippen LogP contribution in [-0.2, 0) is 13.1 Å². The van der Waals surface area contributed by atoms with E-state index in [1.165, 1.54) is 0 Å². The lowest BCUT2D eigenvalue weighted by Crippen LogP contribution is -2.14. The molecular weight excluding hydrogens is 472 g/mol. The standard InChI is InChI=1S/C30H28N8/c1-21-7-6-10-28(34-21)29-30(38(36-35-29)19-22-8-4-3-5-9-22)23-11-12-27-24(15-23)16-25(17-32-27)26-18-33-37(20-26)14-13-31-2/h3-12,15-18,20,31H,13-14,19H2,1-2H3. The number of nitrogens with zero attached hydrogens (tertiary/aromatic N) is 7. The van der Waals surface area contributed by atoms with Gasteiger partial charge in [-0.3, -0.25) is 14.6 Å². The van der Waals surface area contributed by atoms with Gasteiger partial charge < -0.3 is 5.32 Å². The summed E-state index contributed by atoms with van der Waals surface area (Å²) in [6.07, 6.45) is 5.86. The van der Waals surface area contributed by atoms with E-state index >= 15 is 0 Å². The molecule has 8 heteroatoms. The minimum atomic E-state index is 0.608. The molecule has 0 aliphatic heterocycles. The van der Waals surface area contributed by atoms with Gasteiger partial charge in [0.1, 0.15) is 5.69 Å². The summed E-state index contributed by atoms with van der Waals surface area (Å²) in [5.41, 5.74) is 8.61. The summed E-state index contributed by atoms with van der Waals surface area (Å²) >= 11 is 0. The van der Waals surface area contributed by atoms with Crippen molar-refractivity contribution < 1.29 is 0 Å². The van der Waals surface area contributed by atoms with E-state index in [1.54, 1.807) is 0 Å². The van der Waals surface area contributed by atoms with Crippen molar-refractivity contribution in [3.63, 3.8) is 0 Å². The van der Waals surface area contributed by atoms with Crippen LogP contribution in [0.15, 0.2) is 91.4 Å². The first-order chi connectivity index (χ1) is 18.7. The summed E-state index contributed by atoms with van der Waals surface area (Å²) < 4.78 is 3.90. The lowest BCUT2D eigenvalue weighted by molar-refractivity contribution is 0.585. The molecule has 2 aromatic carbocycles. The molecule has 0 atom stereocenters. The minimum absolute atomic E-state index is 0.608. The van der Waals surface area contributed by atoms with E-state index in [9.17, 15) is 0 Å². The quantitative estimate of drug-likeness (QED) is 0.317. The second-order valence-electron chi connectivity index (χ2n) is 9.32. The third-order valence-corrected chi connectivity index (χ3v) is 6.55. The molecule has 0 radical (unpaired) electrons. The predicted octanol–water partition coefficient (Wildman–Crippen LogP) is 4.99. The summed E-state index contributed by atoms with van der Waals surface area (Å²) in [7, 11) is 1.94. The van der Waals surface area contributed by atoms with Crippen molar-refractivity contribution in [1.29, 1.82) is 0 Å². The molecular formula is C30H28N8. The maximum atomic E-state index is 4.75. The summed E-state index contributed by atoms with van der Waals surface area (Å²) in [6.45, 7) is 4.28. The molecule has 4 aromatic heterocycles. The average Bonchev–Trinajstić information content (AvgIpc) is 3.59. The normalized spacial score (nSPS) is 11.3. The second-order valence-corrected chi connectivity index (χ2v) is 9.32. The maximum Gasteiger partial charge on any atom is 0.139 e. The van der Waals surface area contributed by atoms with Crippen LogP contribution in [0.4, 0.5) is 0 Å². The first-order valence-electron chi connectivity index (χ1n) is 12.7. The van der Waals surface area contributed by atoms with E-state index in [4.69, 9.17) is 9.97 Å². The van der Waals surface area contributed by atoms with Crippen LogP contribution >= 0.6 is 0 Å². The Morgan fingerprint density at radius 1 is 0.868 bits per heavy atom. The van der Waals surface area contributed by atoms with Crippen LogP contribution in [0, 0.1) is 6.92 Å². The summed E-state index contributed by atoms with van der Waals surface area (Å²) in [4.78, 5) is 9.48. The molecule has 38 heavy (non-hydrogen) atoms. The Kier molecular flexibility index (Phi) is 6.46. The molecule has 0 bridgehead atoms. The van der Waals surface area contributed by atoms with Crippen molar-refractivity contribution in [3.05, 3.63) is 103 Å². The molecule has 0 aliphatic rings. The number of rotatable bonds is 8. The van der Waals surface area contributed by atoms with Crippen molar-refractivity contribution in [2.75, 3.05) is 13.6 Å². The largest absolute Gasteiger partial charge is 0.318 e. The van der Waals surface area contributed by atoms with Gasteiger partial charge in [0.05, 0.1) is 36.2 Å². The molecule has 0 aliphatic carbocycles. The van der Waals surface area contributed by atoms with Crippen LogP contribution in [0.3, 0.4) is 0 Å². The highest BCUT2D eigenvalue weighted by atomic mass is 15.4. The molecule has 4 heterocycles. The van der Waals surface area contributed by atoms with E-state index in [0.717, 1.165) is 69.0 Å². The Morgan fingerprint density at radius 3 is 2.58 bits per heavy atom. The Bertz CT molecular complexity index is 1700. The molecule has 0 saturated heterocycles. The number of hydrogen-bond acceptors (Lipinski definition) is 6. The van der Waals surface area contributed by atoms with Gasteiger partial charge in [-0.25, -0.2) is 4.68 Å². The molecule has 1 N–H and O–H groups in total. The number of nitrogens with one attached hydrogen (secondary N) is 1. The summed E-state index contributed by atoms with van der Waals surface area (Å²) in [6, 6.07) is 24.8. The number of fused-ring (bicyclic) bond motifs is 1. The van der Waals surface area contributed by atoms with E-state index in [-0.39, 0.29) is 0 Å². The molecule has 6 aromatic rings. The lowest BCUT2D eigenvalue weighted by Gasteiger charge is -2.10. The second kappa shape index (κ2) is 10.4. The first kappa shape index (κ1) is 23.7. The Labute approximate surface area is 221 Å². The van der Waals surface area contributed by atoms with Crippen LogP contribution in [-0.4, -0.2) is 48.3 Å². The van der Waals surface area contributed by atoms with Crippen LogP contribution in [0.5, 0.6) is 0 Å². The van der Waals surface area contributed by atoms with Crippen molar-refractivity contribution >= 4 is 10.9 Å². The van der Waals surface area contributed by atoms with Crippen LogP contribution in [0.2, 0.25) is 0 Å². The summed E-state index contributed by atoms with van der Waals surface area (Å²) in [5.74, 6) is 0. The molecule has 0 unspecified atom stereocenters. The number of aryl methyl sites for hydroxylation is 1. The van der Waals surface area contributed by atoms with Crippen molar-refractivity contribution in [1.82, 2.24) is 40.1 Å². The Balaban J connectivity index is 1.44. The molecule has 188 valence electrons. The highest BCUT2D eigenvalue weighted by Crippen LogP contribution is 2.33. The van der Waals surface area contributed by atoms with Gasteiger partial charge >= 0.3 is 0 Å². The zero-order valence-corrected chi connectivity index (χ0v) is 21.4. The zero-order valence-electron chi connectivity index (χ0n) is 21.4. The van der Waals surface area contributed by atoms with Gasteiger partial charge in [0.25, 0.3) is 0 Å². The fourth-order valence-electron chi connectivity index (χ4n) is 4.61. The zero-order chi connectivity index (χ0) is 25.9. The highest BCUT2D eigenvalue weighted by molar-refractivity contribution is 5.89. The molecule has 0 amide bonds. The lowest BCUT2D eigenvalue weighted by atomic mass is 10.0. The highest BCUT2D eigenvalue weighted by Gasteiger charge is 2.19. The van der Waals surface area contributed by atoms with Gasteiger partial charge in [0.2, 0.25) is 0 Å². The molecule has 0 saturated carbocycles. The predicted molar refractivity (Wildman–Crippen MR) is 149 cm³/mol. The number of pyridine rings is 2. The average molecular weight is 501 g/mol. The molecule has 8 nitrogen and oxygen atoms in total. The Hall–Kier alpha value is -4.69. The van der Waals surface area contributed by atoms with Gasteiger partial charge in [0.15, 0.2) is 0 Å². The smallest absolute Gasteiger partial charge is 0.139 e. The van der Waals surface area contributed by atoms with E-state index in [1.807, 2.05) is 72.1 Å². The van der Waals surface area contributed by atoms with Gasteiger partial charge in [-0.15, -0.1) is 5.10 Å². The third kappa shape index (κ3) is 4.81. The van der Waals surface area contributed by atoms with E-state index in [2.05, 4.69) is 63.3 Å². The van der Waals surface area contributed by atoms with Gasteiger partial charge in [-0.05, 0) is 49.9 Å². The topological polar surface area (TPSA) is 86.3 Å². The van der Waals surface area contributed by atoms with Crippen LogP contribution < -0.4 is 5.32 Å². The maximum absolute atomic E-state index is 4.75. The third-order valence-electron chi connectivity index (χ3n) is 6.55. The van der Waals surface area contributed by atoms with Crippen LogP contribution in [0.1, 0.15) is 11.3 Å². The Morgan fingerprint density at radius 2 is 1.74 bits per heavy atom. The van der Waals surface area contributed by atoms with Crippen LogP contribution in [0.25, 0.3) is 44.7 Å². The fourth-order valence-corrected chi connectivity index (χ4v) is 4.61. The fraction of sp³-hybridized carbons (Fsp3) is 0.167. The monoisotopic (exact) mass is 500 g/mol. The van der Waals surface area contributed by atoms with Gasteiger partial charge in [0, 0.05) is 46.7 Å². The van der Waals surface area contributed by atoms with Gasteiger partial charge in [-0.2, -0.15) is 5.10 Å². The number of aromatic nitrogens is 7. The van der Waals surface area contributed by atoms with Crippen molar-refractivity contribution in [2.45, 2.75) is 20.0 Å². The number of hydrogen-bond donors (Lipinski definition) is 1. The van der Waals surface area contributed by atoms with Crippen molar-refractivity contribution in [2.24, 2.45) is 0 Å². The summed E-state index contributed by atoms with van der Waals surface area (Å²) in [5, 5.41) is 17.8.